The Balaban J connectivity index is 1.57. The van der Waals surface area contributed by atoms with Gasteiger partial charge in [-0.1, -0.05) is 17.3 Å². The lowest BCUT2D eigenvalue weighted by Crippen LogP contribution is -2.43. The lowest BCUT2D eigenvalue weighted by atomic mass is 10.1. The smallest absolute Gasteiger partial charge is 0.226 e. The molecule has 0 unspecified atom stereocenters. The van der Waals surface area contributed by atoms with Gasteiger partial charge in [0.1, 0.15) is 5.69 Å². The molecule has 1 aliphatic rings. The zero-order valence-electron chi connectivity index (χ0n) is 12.5. The minimum Gasteiger partial charge on any atom is -0.356 e. The highest BCUT2D eigenvalue weighted by molar-refractivity contribution is 5.86. The highest BCUT2D eigenvalue weighted by Gasteiger charge is 2.22. The summed E-state index contributed by atoms with van der Waals surface area (Å²) in [7, 11) is 0. The standard InChI is InChI=1S/C16H19N3O3/c1-11(10-19-8-4-7-16(19)21)17-15(20)9-13-12-5-2-3-6-14(12)22-18-13/h2-3,5-6,11H,4,7-10H2,1H3,(H,17,20)/t11-/m0/s1. The second-order valence-electron chi connectivity index (χ2n) is 5.71. The van der Waals surface area contributed by atoms with Gasteiger partial charge in [0.05, 0.1) is 6.42 Å². The Morgan fingerprint density at radius 3 is 3.05 bits per heavy atom. The van der Waals surface area contributed by atoms with Crippen LogP contribution >= 0.6 is 0 Å². The fraction of sp³-hybridized carbons (Fsp3) is 0.438. The monoisotopic (exact) mass is 301 g/mol. The van der Waals surface area contributed by atoms with E-state index in [1.54, 1.807) is 4.90 Å². The van der Waals surface area contributed by atoms with E-state index in [1.165, 1.54) is 0 Å². The van der Waals surface area contributed by atoms with Gasteiger partial charge in [-0.05, 0) is 25.5 Å². The Hall–Kier alpha value is -2.37. The van der Waals surface area contributed by atoms with Crippen molar-refractivity contribution in [2.75, 3.05) is 13.1 Å². The topological polar surface area (TPSA) is 75.4 Å². The van der Waals surface area contributed by atoms with Gasteiger partial charge in [-0.2, -0.15) is 0 Å². The fourth-order valence-electron chi connectivity index (χ4n) is 2.82. The van der Waals surface area contributed by atoms with Crippen LogP contribution in [-0.2, 0) is 16.0 Å². The lowest BCUT2D eigenvalue weighted by Gasteiger charge is -2.21. The fourth-order valence-corrected chi connectivity index (χ4v) is 2.82. The molecule has 116 valence electrons. The van der Waals surface area contributed by atoms with E-state index < -0.39 is 0 Å². The number of carbonyl (C=O) groups is 2. The molecule has 0 spiro atoms. The number of benzene rings is 1. The molecule has 22 heavy (non-hydrogen) atoms. The average molecular weight is 301 g/mol. The van der Waals surface area contributed by atoms with Gasteiger partial charge >= 0.3 is 0 Å². The van der Waals surface area contributed by atoms with E-state index in [-0.39, 0.29) is 24.3 Å². The van der Waals surface area contributed by atoms with Gasteiger partial charge < -0.3 is 14.7 Å². The van der Waals surface area contributed by atoms with Crippen LogP contribution in [0.25, 0.3) is 11.0 Å². The number of nitrogens with one attached hydrogen (secondary N) is 1. The Kier molecular flexibility index (Phi) is 4.09. The van der Waals surface area contributed by atoms with Crippen molar-refractivity contribution in [3.05, 3.63) is 30.0 Å². The van der Waals surface area contributed by atoms with Gasteiger partial charge in [-0.3, -0.25) is 9.59 Å². The van der Waals surface area contributed by atoms with E-state index in [4.69, 9.17) is 4.52 Å². The highest BCUT2D eigenvalue weighted by Crippen LogP contribution is 2.18. The molecule has 6 nitrogen and oxygen atoms in total. The maximum atomic E-state index is 12.1. The Morgan fingerprint density at radius 1 is 1.45 bits per heavy atom. The normalized spacial score (nSPS) is 16.2. The second-order valence-corrected chi connectivity index (χ2v) is 5.71. The molecule has 0 aliphatic carbocycles. The predicted octanol–water partition coefficient (Wildman–Crippen LogP) is 1.50. The highest BCUT2D eigenvalue weighted by atomic mass is 16.5. The number of hydrogen-bond donors (Lipinski definition) is 1. The van der Waals surface area contributed by atoms with Crippen molar-refractivity contribution in [1.29, 1.82) is 0 Å². The first kappa shape index (κ1) is 14.6. The van der Waals surface area contributed by atoms with Crippen molar-refractivity contribution in [2.45, 2.75) is 32.2 Å². The van der Waals surface area contributed by atoms with Crippen molar-refractivity contribution < 1.29 is 14.1 Å². The molecule has 2 heterocycles. The van der Waals surface area contributed by atoms with E-state index in [2.05, 4.69) is 10.5 Å². The molecule has 1 atom stereocenters. The minimum absolute atomic E-state index is 0.0762. The van der Waals surface area contributed by atoms with Crippen LogP contribution in [0.3, 0.4) is 0 Å². The Morgan fingerprint density at radius 2 is 2.27 bits per heavy atom. The molecule has 0 saturated carbocycles. The van der Waals surface area contributed by atoms with Crippen LogP contribution in [0, 0.1) is 0 Å². The van der Waals surface area contributed by atoms with Crippen molar-refractivity contribution in [2.24, 2.45) is 0 Å². The summed E-state index contributed by atoms with van der Waals surface area (Å²) < 4.78 is 5.19. The third kappa shape index (κ3) is 3.10. The van der Waals surface area contributed by atoms with Crippen LogP contribution in [0.5, 0.6) is 0 Å². The van der Waals surface area contributed by atoms with Crippen LogP contribution < -0.4 is 5.32 Å². The second kappa shape index (κ2) is 6.17. The van der Waals surface area contributed by atoms with Crippen LogP contribution in [-0.4, -0.2) is 41.0 Å². The maximum absolute atomic E-state index is 12.1. The molecule has 2 amide bonds. The summed E-state index contributed by atoms with van der Waals surface area (Å²) in [6.07, 6.45) is 1.70. The number of amides is 2. The van der Waals surface area contributed by atoms with Crippen molar-refractivity contribution in [1.82, 2.24) is 15.4 Å². The zero-order valence-corrected chi connectivity index (χ0v) is 12.5. The summed E-state index contributed by atoms with van der Waals surface area (Å²) in [4.78, 5) is 25.5. The number of nitrogens with zero attached hydrogens (tertiary/aromatic N) is 2. The zero-order chi connectivity index (χ0) is 15.5. The van der Waals surface area contributed by atoms with Gasteiger partial charge in [-0.15, -0.1) is 0 Å². The van der Waals surface area contributed by atoms with Crippen molar-refractivity contribution >= 4 is 22.8 Å². The van der Waals surface area contributed by atoms with E-state index >= 15 is 0 Å². The van der Waals surface area contributed by atoms with E-state index in [1.807, 2.05) is 31.2 Å². The maximum Gasteiger partial charge on any atom is 0.226 e. The number of para-hydroxylation sites is 1. The molecule has 1 aromatic heterocycles. The van der Waals surface area contributed by atoms with E-state index in [0.29, 0.717) is 24.2 Å². The molecule has 1 saturated heterocycles. The molecule has 1 N–H and O–H groups in total. The molecule has 1 aliphatic heterocycles. The van der Waals surface area contributed by atoms with Gasteiger partial charge in [0.25, 0.3) is 0 Å². The third-order valence-electron chi connectivity index (χ3n) is 3.85. The molecule has 1 fully saturated rings. The van der Waals surface area contributed by atoms with Crippen molar-refractivity contribution in [3.63, 3.8) is 0 Å². The van der Waals surface area contributed by atoms with Crippen LogP contribution in [0.1, 0.15) is 25.5 Å². The quantitative estimate of drug-likeness (QED) is 0.908. The average Bonchev–Trinajstić information content (AvgIpc) is 3.07. The number of aromatic nitrogens is 1. The molecule has 1 aromatic carbocycles. The van der Waals surface area contributed by atoms with Crippen LogP contribution in [0.2, 0.25) is 0 Å². The van der Waals surface area contributed by atoms with Crippen LogP contribution in [0.15, 0.2) is 28.8 Å². The van der Waals surface area contributed by atoms with Gasteiger partial charge in [-0.25, -0.2) is 0 Å². The SMILES string of the molecule is C[C@@H](CN1CCCC1=O)NC(=O)Cc1noc2ccccc12. The van der Waals surface area contributed by atoms with Gasteiger partial charge in [0.15, 0.2) is 5.58 Å². The number of rotatable bonds is 5. The number of likely N-dealkylation sites (tertiary alicyclic amines) is 1. The molecule has 0 radical (unpaired) electrons. The van der Waals surface area contributed by atoms with Crippen LogP contribution in [0.4, 0.5) is 0 Å². The predicted molar refractivity (Wildman–Crippen MR) is 81.1 cm³/mol. The lowest BCUT2D eigenvalue weighted by molar-refractivity contribution is -0.129. The molecular weight excluding hydrogens is 282 g/mol. The van der Waals surface area contributed by atoms with E-state index in [9.17, 15) is 9.59 Å². The summed E-state index contributed by atoms with van der Waals surface area (Å²) in [5.74, 6) is 0.0572. The van der Waals surface area contributed by atoms with E-state index in [0.717, 1.165) is 18.4 Å². The summed E-state index contributed by atoms with van der Waals surface area (Å²) in [6.45, 7) is 3.25. The molecular formula is C16H19N3O3. The number of fused-ring (bicyclic) bond motifs is 1. The minimum atomic E-state index is -0.113. The number of carbonyl (C=O) groups excluding carboxylic acids is 2. The molecule has 2 aromatic rings. The summed E-state index contributed by atoms with van der Waals surface area (Å²) >= 11 is 0. The third-order valence-corrected chi connectivity index (χ3v) is 3.85. The van der Waals surface area contributed by atoms with Gasteiger partial charge in [0, 0.05) is 30.9 Å². The first-order valence-corrected chi connectivity index (χ1v) is 7.54. The molecule has 0 bridgehead atoms. The van der Waals surface area contributed by atoms with Gasteiger partial charge in [0.2, 0.25) is 11.8 Å². The summed E-state index contributed by atoms with van der Waals surface area (Å²) in [5.41, 5.74) is 1.32. The molecule has 3 rings (SSSR count). The largest absolute Gasteiger partial charge is 0.356 e. The molecule has 6 heteroatoms. The number of hydrogen-bond acceptors (Lipinski definition) is 4. The van der Waals surface area contributed by atoms with Crippen molar-refractivity contribution in [3.8, 4) is 0 Å². The first-order chi connectivity index (χ1) is 10.6. The Labute approximate surface area is 128 Å². The summed E-state index contributed by atoms with van der Waals surface area (Å²) in [6, 6.07) is 7.40. The first-order valence-electron chi connectivity index (χ1n) is 7.54. The Bertz CT molecular complexity index is 695. The summed E-state index contributed by atoms with van der Waals surface area (Å²) in [5, 5.41) is 7.73.